The monoisotopic (exact) mass is 211 g/mol. The number of carbonyl (C=O) groups is 2. The minimum atomic E-state index is -0.461. The maximum atomic E-state index is 11.4. The van der Waals surface area contributed by atoms with Gasteiger partial charge in [0.15, 0.2) is 5.76 Å². The first kappa shape index (κ1) is 11.3. The van der Waals surface area contributed by atoms with Gasteiger partial charge in [-0.1, -0.05) is 0 Å². The third-order valence-corrected chi connectivity index (χ3v) is 1.74. The molecule has 0 fully saturated rings. The zero-order chi connectivity index (χ0) is 11.3. The summed E-state index contributed by atoms with van der Waals surface area (Å²) in [5, 5.41) is 2.49. The molecule has 0 unspecified atom stereocenters. The van der Waals surface area contributed by atoms with Crippen molar-refractivity contribution in [1.82, 2.24) is 5.32 Å². The molecule has 0 atom stereocenters. The van der Waals surface area contributed by atoms with Gasteiger partial charge in [-0.2, -0.15) is 0 Å². The molecule has 15 heavy (non-hydrogen) atoms. The Morgan fingerprint density at radius 1 is 1.40 bits per heavy atom. The fraction of sp³-hybridized carbons (Fsp3) is 0.333. The fourth-order valence-corrected chi connectivity index (χ4v) is 0.996. The molecule has 0 aromatic carbocycles. The van der Waals surface area contributed by atoms with Crippen LogP contribution in [0, 0.1) is 0 Å². The van der Waals surface area contributed by atoms with Crippen LogP contribution in [0.25, 0.3) is 0 Å². The maximum absolute atomic E-state index is 11.4. The van der Waals surface area contributed by atoms with Crippen molar-refractivity contribution >= 4 is 11.8 Å². The van der Waals surface area contributed by atoms with E-state index in [1.807, 2.05) is 0 Å². The molecule has 0 bridgehead atoms. The van der Waals surface area contributed by atoms with E-state index >= 15 is 0 Å². The Bertz CT molecular complexity index is 359. The van der Waals surface area contributed by atoms with Gasteiger partial charge in [-0.15, -0.1) is 0 Å². The van der Waals surface area contributed by atoms with Crippen molar-refractivity contribution in [3.05, 3.63) is 23.7 Å². The molecule has 1 rings (SSSR count). The zero-order valence-electron chi connectivity index (χ0n) is 8.16. The molecule has 0 radical (unpaired) electrons. The second-order valence-corrected chi connectivity index (χ2v) is 2.94. The van der Waals surface area contributed by atoms with E-state index in [9.17, 15) is 9.59 Å². The second-order valence-electron chi connectivity index (χ2n) is 2.94. The third kappa shape index (κ3) is 3.43. The number of primary amides is 1. The predicted octanol–water partition coefficient (Wildman–Crippen LogP) is -0.656. The van der Waals surface area contributed by atoms with Crippen molar-refractivity contribution in [2.45, 2.75) is 13.0 Å². The van der Waals surface area contributed by atoms with Crippen LogP contribution in [0.4, 0.5) is 0 Å². The van der Waals surface area contributed by atoms with Gasteiger partial charge in [-0.05, 0) is 12.1 Å². The van der Waals surface area contributed by atoms with Crippen LogP contribution in [0.3, 0.4) is 0 Å². The highest BCUT2D eigenvalue weighted by molar-refractivity contribution is 5.91. The number of amides is 2. The minimum absolute atomic E-state index is 0.107. The van der Waals surface area contributed by atoms with Crippen LogP contribution in [0.5, 0.6) is 0 Å². The molecule has 0 aliphatic rings. The molecule has 82 valence electrons. The molecule has 6 nitrogen and oxygen atoms in total. The summed E-state index contributed by atoms with van der Waals surface area (Å²) in [6.45, 7) is 0.446. The van der Waals surface area contributed by atoms with Gasteiger partial charge in [-0.3, -0.25) is 9.59 Å². The average Bonchev–Trinajstić information content (AvgIpc) is 2.65. The first-order valence-corrected chi connectivity index (χ1v) is 4.48. The summed E-state index contributed by atoms with van der Waals surface area (Å²) in [5.74, 6) is -0.122. The lowest BCUT2D eigenvalue weighted by atomic mass is 10.3. The van der Waals surface area contributed by atoms with E-state index < -0.39 is 5.91 Å². The highest BCUT2D eigenvalue weighted by atomic mass is 16.4. The first-order valence-electron chi connectivity index (χ1n) is 4.48. The van der Waals surface area contributed by atoms with E-state index in [2.05, 4.69) is 5.32 Å². The van der Waals surface area contributed by atoms with Crippen molar-refractivity contribution in [1.29, 1.82) is 0 Å². The van der Waals surface area contributed by atoms with Crippen LogP contribution in [-0.4, -0.2) is 18.4 Å². The molecule has 0 saturated carbocycles. The Kier molecular flexibility index (Phi) is 3.87. The molecular weight excluding hydrogens is 198 g/mol. The third-order valence-electron chi connectivity index (χ3n) is 1.74. The summed E-state index contributed by atoms with van der Waals surface area (Å²) in [6.07, 6.45) is 0.107. The van der Waals surface area contributed by atoms with Crippen LogP contribution in [0.15, 0.2) is 16.5 Å². The highest BCUT2D eigenvalue weighted by Crippen LogP contribution is 2.06. The minimum Gasteiger partial charge on any atom is -0.455 e. The molecule has 1 aromatic rings. The van der Waals surface area contributed by atoms with Crippen LogP contribution in [0.2, 0.25) is 0 Å². The summed E-state index contributed by atoms with van der Waals surface area (Å²) < 4.78 is 5.10. The van der Waals surface area contributed by atoms with Crippen LogP contribution in [0.1, 0.15) is 22.7 Å². The Labute approximate surface area is 86.6 Å². The van der Waals surface area contributed by atoms with Crippen molar-refractivity contribution in [3.8, 4) is 0 Å². The number of nitrogens with two attached hydrogens (primary N) is 2. The molecule has 6 heteroatoms. The van der Waals surface area contributed by atoms with E-state index in [0.29, 0.717) is 5.76 Å². The predicted molar refractivity (Wildman–Crippen MR) is 52.7 cm³/mol. The molecule has 1 heterocycles. The summed E-state index contributed by atoms with van der Waals surface area (Å²) in [7, 11) is 0. The van der Waals surface area contributed by atoms with Crippen LogP contribution >= 0.6 is 0 Å². The lowest BCUT2D eigenvalue weighted by Crippen LogP contribution is -2.27. The summed E-state index contributed by atoms with van der Waals surface area (Å²) >= 11 is 0. The summed E-state index contributed by atoms with van der Waals surface area (Å²) in [5.41, 5.74) is 10.2. The van der Waals surface area contributed by atoms with Crippen molar-refractivity contribution in [3.63, 3.8) is 0 Å². The van der Waals surface area contributed by atoms with Gasteiger partial charge in [-0.25, -0.2) is 0 Å². The lowest BCUT2D eigenvalue weighted by Gasteiger charge is -2.00. The Morgan fingerprint density at radius 2 is 2.13 bits per heavy atom. The quantitative estimate of drug-likeness (QED) is 0.600. The molecule has 1 aromatic heterocycles. The van der Waals surface area contributed by atoms with Gasteiger partial charge < -0.3 is 21.2 Å². The fourth-order valence-electron chi connectivity index (χ4n) is 0.996. The lowest BCUT2D eigenvalue weighted by molar-refractivity contribution is -0.117. The standard InChI is InChI=1S/C9H13N3O3/c10-5-6-1-2-7(15-6)9(14)12-4-3-8(11)13/h1-2H,3-5,10H2,(H2,11,13)(H,12,14). The number of hydrogen-bond donors (Lipinski definition) is 3. The van der Waals surface area contributed by atoms with Gasteiger partial charge in [0.05, 0.1) is 6.54 Å². The smallest absolute Gasteiger partial charge is 0.287 e. The van der Waals surface area contributed by atoms with Crippen LogP contribution in [-0.2, 0) is 11.3 Å². The molecule has 0 saturated heterocycles. The molecule has 0 spiro atoms. The Hall–Kier alpha value is -1.82. The first-order chi connectivity index (χ1) is 7.13. The second kappa shape index (κ2) is 5.16. The van der Waals surface area contributed by atoms with Crippen LogP contribution < -0.4 is 16.8 Å². The number of hydrogen-bond acceptors (Lipinski definition) is 4. The van der Waals surface area contributed by atoms with Crippen molar-refractivity contribution < 1.29 is 14.0 Å². The van der Waals surface area contributed by atoms with Gasteiger partial charge in [0.1, 0.15) is 5.76 Å². The van der Waals surface area contributed by atoms with Gasteiger partial charge in [0.2, 0.25) is 5.91 Å². The maximum Gasteiger partial charge on any atom is 0.287 e. The number of carbonyl (C=O) groups excluding carboxylic acids is 2. The number of nitrogens with one attached hydrogen (secondary N) is 1. The van der Waals surface area contributed by atoms with E-state index in [1.165, 1.54) is 6.07 Å². The Morgan fingerprint density at radius 3 is 2.67 bits per heavy atom. The summed E-state index contributed by atoms with van der Waals surface area (Å²) in [4.78, 5) is 21.8. The summed E-state index contributed by atoms with van der Waals surface area (Å²) in [6, 6.07) is 3.16. The van der Waals surface area contributed by atoms with Gasteiger partial charge in [0.25, 0.3) is 5.91 Å². The van der Waals surface area contributed by atoms with Gasteiger partial charge in [0, 0.05) is 13.0 Å². The normalized spacial score (nSPS) is 9.93. The van der Waals surface area contributed by atoms with Crippen molar-refractivity contribution in [2.75, 3.05) is 6.54 Å². The van der Waals surface area contributed by atoms with E-state index in [-0.39, 0.29) is 31.2 Å². The molecular formula is C9H13N3O3. The zero-order valence-corrected chi connectivity index (χ0v) is 8.16. The Balaban J connectivity index is 2.43. The van der Waals surface area contributed by atoms with E-state index in [4.69, 9.17) is 15.9 Å². The molecule has 5 N–H and O–H groups in total. The van der Waals surface area contributed by atoms with E-state index in [1.54, 1.807) is 6.07 Å². The highest BCUT2D eigenvalue weighted by Gasteiger charge is 2.09. The number of furan rings is 1. The molecule has 0 aliphatic heterocycles. The van der Waals surface area contributed by atoms with Crippen molar-refractivity contribution in [2.24, 2.45) is 11.5 Å². The largest absolute Gasteiger partial charge is 0.455 e. The molecule has 2 amide bonds. The SMILES string of the molecule is NCc1ccc(C(=O)NCCC(N)=O)o1. The average molecular weight is 211 g/mol. The van der Waals surface area contributed by atoms with Gasteiger partial charge >= 0.3 is 0 Å². The molecule has 0 aliphatic carbocycles. The van der Waals surface area contributed by atoms with E-state index in [0.717, 1.165) is 0 Å². The number of rotatable bonds is 5. The topological polar surface area (TPSA) is 111 Å².